The smallest absolute Gasteiger partial charge is 0.227 e. The monoisotopic (exact) mass is 267 g/mol. The Balaban J connectivity index is 1.98. The number of benzene rings is 1. The van der Waals surface area contributed by atoms with Crippen LogP contribution in [0.5, 0.6) is 0 Å². The van der Waals surface area contributed by atoms with E-state index < -0.39 is 0 Å². The number of halogens is 1. The van der Waals surface area contributed by atoms with Gasteiger partial charge in [-0.2, -0.15) is 0 Å². The van der Waals surface area contributed by atoms with Crippen LogP contribution in [0.2, 0.25) is 0 Å². The Hall–Kier alpha value is -0.830. The number of hydrogen-bond acceptors (Lipinski definition) is 1. The maximum absolute atomic E-state index is 11.8. The molecule has 1 atom stereocenters. The molecule has 15 heavy (non-hydrogen) atoms. The molecule has 1 aromatic rings. The van der Waals surface area contributed by atoms with E-state index >= 15 is 0 Å². The summed E-state index contributed by atoms with van der Waals surface area (Å²) in [5, 5.41) is 2.93. The largest absolute Gasteiger partial charge is 0.326 e. The predicted molar refractivity (Wildman–Crippen MR) is 64.7 cm³/mol. The molecule has 1 amide bonds. The molecule has 0 aromatic heterocycles. The van der Waals surface area contributed by atoms with Gasteiger partial charge < -0.3 is 5.32 Å². The van der Waals surface area contributed by atoms with Crippen LogP contribution in [0.1, 0.15) is 19.8 Å². The third kappa shape index (κ3) is 2.81. The van der Waals surface area contributed by atoms with Gasteiger partial charge in [-0.1, -0.05) is 28.9 Å². The van der Waals surface area contributed by atoms with Gasteiger partial charge in [0.1, 0.15) is 0 Å². The fraction of sp³-hybridized carbons (Fsp3) is 0.417. The van der Waals surface area contributed by atoms with Gasteiger partial charge in [-0.3, -0.25) is 4.79 Å². The zero-order chi connectivity index (χ0) is 10.8. The standard InChI is InChI=1S/C12H14BrNO/c1-8(9-5-6-9)12(15)14-11-4-2-3-10(13)7-11/h2-4,7-9H,5-6H2,1H3,(H,14,15). The molecule has 1 unspecified atom stereocenters. The predicted octanol–water partition coefficient (Wildman–Crippen LogP) is 3.43. The van der Waals surface area contributed by atoms with Crippen LogP contribution in [0.4, 0.5) is 5.69 Å². The van der Waals surface area contributed by atoms with E-state index in [9.17, 15) is 4.79 Å². The lowest BCUT2D eigenvalue weighted by Gasteiger charge is -2.10. The molecule has 1 saturated carbocycles. The van der Waals surface area contributed by atoms with Crippen molar-refractivity contribution in [2.45, 2.75) is 19.8 Å². The molecule has 0 saturated heterocycles. The van der Waals surface area contributed by atoms with Crippen LogP contribution in [0.3, 0.4) is 0 Å². The van der Waals surface area contributed by atoms with Gasteiger partial charge in [0.25, 0.3) is 0 Å². The molecule has 1 aromatic carbocycles. The van der Waals surface area contributed by atoms with Crippen LogP contribution in [-0.2, 0) is 4.79 Å². The number of carbonyl (C=O) groups is 1. The first-order chi connectivity index (χ1) is 7.16. The Kier molecular flexibility index (Phi) is 3.10. The summed E-state index contributed by atoms with van der Waals surface area (Å²) in [5.74, 6) is 0.886. The summed E-state index contributed by atoms with van der Waals surface area (Å²) in [6.45, 7) is 2.00. The number of hydrogen-bond donors (Lipinski definition) is 1. The van der Waals surface area contributed by atoms with Crippen LogP contribution >= 0.6 is 15.9 Å². The maximum Gasteiger partial charge on any atom is 0.227 e. The lowest BCUT2D eigenvalue weighted by atomic mass is 10.1. The minimum atomic E-state index is 0.135. The van der Waals surface area contributed by atoms with E-state index in [1.54, 1.807) is 0 Å². The zero-order valence-electron chi connectivity index (χ0n) is 8.66. The minimum absolute atomic E-state index is 0.135. The topological polar surface area (TPSA) is 29.1 Å². The highest BCUT2D eigenvalue weighted by Crippen LogP contribution is 2.37. The first-order valence-electron chi connectivity index (χ1n) is 5.23. The number of amides is 1. The molecule has 0 heterocycles. The van der Waals surface area contributed by atoms with Crippen molar-refractivity contribution in [2.75, 3.05) is 5.32 Å². The summed E-state index contributed by atoms with van der Waals surface area (Å²) in [4.78, 5) is 11.8. The maximum atomic E-state index is 11.8. The van der Waals surface area contributed by atoms with Gasteiger partial charge in [0.2, 0.25) is 5.91 Å². The van der Waals surface area contributed by atoms with E-state index in [1.165, 1.54) is 12.8 Å². The molecule has 0 aliphatic heterocycles. The van der Waals surface area contributed by atoms with E-state index in [1.807, 2.05) is 31.2 Å². The molecule has 1 fully saturated rings. The van der Waals surface area contributed by atoms with Gasteiger partial charge in [-0.05, 0) is 37.0 Å². The van der Waals surface area contributed by atoms with E-state index in [-0.39, 0.29) is 11.8 Å². The van der Waals surface area contributed by atoms with Gasteiger partial charge in [0, 0.05) is 16.1 Å². The minimum Gasteiger partial charge on any atom is -0.326 e. The Morgan fingerprint density at radius 3 is 2.87 bits per heavy atom. The molecular weight excluding hydrogens is 254 g/mol. The fourth-order valence-electron chi connectivity index (χ4n) is 1.63. The highest BCUT2D eigenvalue weighted by Gasteiger charge is 2.32. The van der Waals surface area contributed by atoms with Crippen LogP contribution in [-0.4, -0.2) is 5.91 Å². The van der Waals surface area contributed by atoms with Gasteiger partial charge in [0.05, 0.1) is 0 Å². The fourth-order valence-corrected chi connectivity index (χ4v) is 2.03. The molecule has 1 aliphatic rings. The lowest BCUT2D eigenvalue weighted by Crippen LogP contribution is -2.21. The lowest BCUT2D eigenvalue weighted by molar-refractivity contribution is -0.119. The van der Waals surface area contributed by atoms with Crippen LogP contribution < -0.4 is 5.32 Å². The third-order valence-electron chi connectivity index (χ3n) is 2.83. The van der Waals surface area contributed by atoms with Gasteiger partial charge >= 0.3 is 0 Å². The number of carbonyl (C=O) groups excluding carboxylic acids is 1. The molecular formula is C12H14BrNO. The molecule has 2 rings (SSSR count). The van der Waals surface area contributed by atoms with Crippen molar-refractivity contribution in [1.82, 2.24) is 0 Å². The average molecular weight is 268 g/mol. The number of nitrogens with one attached hydrogen (secondary N) is 1. The summed E-state index contributed by atoms with van der Waals surface area (Å²) >= 11 is 3.38. The number of rotatable bonds is 3. The highest BCUT2D eigenvalue weighted by molar-refractivity contribution is 9.10. The number of anilines is 1. The SMILES string of the molecule is CC(C(=O)Nc1cccc(Br)c1)C1CC1. The summed E-state index contributed by atoms with van der Waals surface area (Å²) in [6.07, 6.45) is 2.40. The van der Waals surface area contributed by atoms with Gasteiger partial charge in [-0.25, -0.2) is 0 Å². The van der Waals surface area contributed by atoms with Crippen LogP contribution in [0.15, 0.2) is 28.7 Å². The molecule has 0 radical (unpaired) electrons. The van der Waals surface area contributed by atoms with Gasteiger partial charge in [0.15, 0.2) is 0 Å². The zero-order valence-corrected chi connectivity index (χ0v) is 10.3. The van der Waals surface area contributed by atoms with Crippen molar-refractivity contribution in [3.05, 3.63) is 28.7 Å². The molecule has 0 bridgehead atoms. The first kappa shape index (κ1) is 10.7. The summed E-state index contributed by atoms with van der Waals surface area (Å²) in [7, 11) is 0. The quantitative estimate of drug-likeness (QED) is 0.894. The van der Waals surface area contributed by atoms with E-state index in [2.05, 4.69) is 21.2 Å². The Morgan fingerprint density at radius 1 is 1.53 bits per heavy atom. The molecule has 1 aliphatic carbocycles. The van der Waals surface area contributed by atoms with E-state index in [0.717, 1.165) is 10.2 Å². The first-order valence-corrected chi connectivity index (χ1v) is 6.02. The molecule has 3 heteroatoms. The Morgan fingerprint density at radius 2 is 2.27 bits per heavy atom. The van der Waals surface area contributed by atoms with E-state index in [4.69, 9.17) is 0 Å². The second-order valence-electron chi connectivity index (χ2n) is 4.13. The van der Waals surface area contributed by atoms with Crippen molar-refractivity contribution >= 4 is 27.5 Å². The van der Waals surface area contributed by atoms with Crippen molar-refractivity contribution in [1.29, 1.82) is 0 Å². The molecule has 0 spiro atoms. The van der Waals surface area contributed by atoms with Crippen molar-refractivity contribution in [3.63, 3.8) is 0 Å². The molecule has 80 valence electrons. The Bertz CT molecular complexity index is 374. The van der Waals surface area contributed by atoms with Crippen LogP contribution in [0, 0.1) is 11.8 Å². The summed E-state index contributed by atoms with van der Waals surface area (Å²) in [5.41, 5.74) is 0.863. The molecule has 1 N–H and O–H groups in total. The Labute approximate surface area is 98.2 Å². The molecule has 2 nitrogen and oxygen atoms in total. The summed E-state index contributed by atoms with van der Waals surface area (Å²) in [6, 6.07) is 7.68. The normalized spacial score (nSPS) is 17.2. The second kappa shape index (κ2) is 4.35. The van der Waals surface area contributed by atoms with E-state index in [0.29, 0.717) is 5.92 Å². The summed E-state index contributed by atoms with van der Waals surface area (Å²) < 4.78 is 0.986. The van der Waals surface area contributed by atoms with Crippen LogP contribution in [0.25, 0.3) is 0 Å². The van der Waals surface area contributed by atoms with Crippen molar-refractivity contribution < 1.29 is 4.79 Å². The average Bonchev–Trinajstić information content (AvgIpc) is 2.99. The highest BCUT2D eigenvalue weighted by atomic mass is 79.9. The third-order valence-corrected chi connectivity index (χ3v) is 3.33. The van der Waals surface area contributed by atoms with Gasteiger partial charge in [-0.15, -0.1) is 0 Å². The van der Waals surface area contributed by atoms with Crippen molar-refractivity contribution in [2.24, 2.45) is 11.8 Å². The second-order valence-corrected chi connectivity index (χ2v) is 5.04. The van der Waals surface area contributed by atoms with Crippen molar-refractivity contribution in [3.8, 4) is 0 Å².